The summed E-state index contributed by atoms with van der Waals surface area (Å²) in [5.74, 6) is 1.41. The Bertz CT molecular complexity index is 424. The lowest BCUT2D eigenvalue weighted by atomic mass is 10.3. The second kappa shape index (κ2) is 5.23. The zero-order valence-electron chi connectivity index (χ0n) is 9.43. The predicted molar refractivity (Wildman–Crippen MR) is 63.5 cm³/mol. The number of thiophene rings is 1. The van der Waals surface area contributed by atoms with E-state index in [1.54, 1.807) is 11.3 Å². The van der Waals surface area contributed by atoms with Gasteiger partial charge in [0.2, 0.25) is 5.89 Å². The Labute approximate surface area is 98.7 Å². The van der Waals surface area contributed by atoms with Gasteiger partial charge in [-0.3, -0.25) is 0 Å². The van der Waals surface area contributed by atoms with Crippen molar-refractivity contribution in [2.75, 3.05) is 6.54 Å². The molecule has 2 aromatic heterocycles. The summed E-state index contributed by atoms with van der Waals surface area (Å²) in [6, 6.07) is 4.23. The van der Waals surface area contributed by atoms with Crippen molar-refractivity contribution in [2.24, 2.45) is 0 Å². The van der Waals surface area contributed by atoms with Crippen molar-refractivity contribution in [3.63, 3.8) is 0 Å². The first-order chi connectivity index (χ1) is 7.79. The van der Waals surface area contributed by atoms with E-state index in [0.29, 0.717) is 5.89 Å². The fourth-order valence-corrected chi connectivity index (χ4v) is 2.18. The topological polar surface area (TPSA) is 51.0 Å². The number of rotatable bonds is 5. The minimum absolute atomic E-state index is 0.120. The van der Waals surface area contributed by atoms with Crippen LogP contribution in [0.5, 0.6) is 0 Å². The van der Waals surface area contributed by atoms with Crippen LogP contribution >= 0.6 is 11.3 Å². The molecular formula is C11H15N3OS. The smallest absolute Gasteiger partial charge is 0.243 e. The molecule has 2 rings (SSSR count). The van der Waals surface area contributed by atoms with Gasteiger partial charge in [0, 0.05) is 11.3 Å². The van der Waals surface area contributed by atoms with Crippen molar-refractivity contribution < 1.29 is 4.52 Å². The van der Waals surface area contributed by atoms with Crippen LogP contribution in [-0.2, 0) is 6.42 Å². The molecule has 0 aromatic carbocycles. The molecule has 1 unspecified atom stereocenters. The van der Waals surface area contributed by atoms with Crippen molar-refractivity contribution in [1.29, 1.82) is 0 Å². The molecule has 86 valence electrons. The quantitative estimate of drug-likeness (QED) is 0.867. The number of nitrogens with one attached hydrogen (secondary N) is 1. The summed E-state index contributed by atoms with van der Waals surface area (Å²) >= 11 is 1.71. The van der Waals surface area contributed by atoms with Gasteiger partial charge in [-0.2, -0.15) is 4.98 Å². The van der Waals surface area contributed by atoms with E-state index in [1.165, 1.54) is 4.88 Å². The molecule has 2 heterocycles. The van der Waals surface area contributed by atoms with Crippen LogP contribution in [0, 0.1) is 0 Å². The molecular weight excluding hydrogens is 222 g/mol. The first-order valence-electron chi connectivity index (χ1n) is 5.38. The van der Waals surface area contributed by atoms with Crippen LogP contribution < -0.4 is 5.32 Å². The summed E-state index contributed by atoms with van der Waals surface area (Å²) in [6.45, 7) is 4.97. The minimum atomic E-state index is 0.120. The summed E-state index contributed by atoms with van der Waals surface area (Å²) in [6.07, 6.45) is 0.750. The predicted octanol–water partition coefficient (Wildman–Crippen LogP) is 2.39. The van der Waals surface area contributed by atoms with Gasteiger partial charge in [-0.05, 0) is 24.9 Å². The molecule has 0 aliphatic carbocycles. The third-order valence-corrected chi connectivity index (χ3v) is 3.15. The van der Waals surface area contributed by atoms with Crippen molar-refractivity contribution in [3.8, 4) is 0 Å². The van der Waals surface area contributed by atoms with Gasteiger partial charge >= 0.3 is 0 Å². The second-order valence-corrected chi connectivity index (χ2v) is 4.62. The Kier molecular flexibility index (Phi) is 3.69. The van der Waals surface area contributed by atoms with Gasteiger partial charge in [0.15, 0.2) is 5.82 Å². The van der Waals surface area contributed by atoms with E-state index in [-0.39, 0.29) is 6.04 Å². The fraction of sp³-hybridized carbons (Fsp3) is 0.455. The standard InChI is InChI=1S/C11H15N3OS/c1-3-12-8(2)11-13-10(14-15-11)7-9-5-4-6-16-9/h4-6,8,12H,3,7H2,1-2H3. The van der Waals surface area contributed by atoms with Crippen LogP contribution in [0.3, 0.4) is 0 Å². The number of hydrogen-bond acceptors (Lipinski definition) is 5. The third-order valence-electron chi connectivity index (χ3n) is 2.28. The Morgan fingerprint density at radius 3 is 3.12 bits per heavy atom. The molecule has 2 aromatic rings. The lowest BCUT2D eigenvalue weighted by Crippen LogP contribution is -2.17. The Morgan fingerprint density at radius 2 is 2.44 bits per heavy atom. The van der Waals surface area contributed by atoms with Gasteiger partial charge in [0.05, 0.1) is 6.04 Å². The molecule has 1 atom stereocenters. The molecule has 0 saturated carbocycles. The van der Waals surface area contributed by atoms with Crippen LogP contribution in [-0.4, -0.2) is 16.7 Å². The minimum Gasteiger partial charge on any atom is -0.338 e. The maximum Gasteiger partial charge on any atom is 0.243 e. The molecule has 0 aliphatic heterocycles. The maximum atomic E-state index is 5.21. The Morgan fingerprint density at radius 1 is 1.56 bits per heavy atom. The van der Waals surface area contributed by atoms with E-state index >= 15 is 0 Å². The van der Waals surface area contributed by atoms with Gasteiger partial charge in [-0.15, -0.1) is 11.3 Å². The van der Waals surface area contributed by atoms with Gasteiger partial charge < -0.3 is 9.84 Å². The van der Waals surface area contributed by atoms with E-state index in [1.807, 2.05) is 13.0 Å². The highest BCUT2D eigenvalue weighted by atomic mass is 32.1. The highest BCUT2D eigenvalue weighted by Gasteiger charge is 2.13. The lowest BCUT2D eigenvalue weighted by molar-refractivity contribution is 0.339. The van der Waals surface area contributed by atoms with E-state index in [0.717, 1.165) is 18.8 Å². The van der Waals surface area contributed by atoms with Gasteiger partial charge in [-0.25, -0.2) is 0 Å². The van der Waals surface area contributed by atoms with Crippen molar-refractivity contribution in [2.45, 2.75) is 26.3 Å². The van der Waals surface area contributed by atoms with Crippen molar-refractivity contribution >= 4 is 11.3 Å². The molecule has 0 aliphatic rings. The van der Waals surface area contributed by atoms with Crippen LogP contribution in [0.15, 0.2) is 22.0 Å². The maximum absolute atomic E-state index is 5.21. The average Bonchev–Trinajstić information content (AvgIpc) is 2.90. The van der Waals surface area contributed by atoms with Gasteiger partial charge in [0.1, 0.15) is 0 Å². The molecule has 0 amide bonds. The summed E-state index contributed by atoms with van der Waals surface area (Å²) in [4.78, 5) is 5.62. The molecule has 4 nitrogen and oxygen atoms in total. The van der Waals surface area contributed by atoms with Crippen LogP contribution in [0.25, 0.3) is 0 Å². The summed E-state index contributed by atoms with van der Waals surface area (Å²) in [5.41, 5.74) is 0. The molecule has 1 N–H and O–H groups in total. The summed E-state index contributed by atoms with van der Waals surface area (Å²) < 4.78 is 5.21. The van der Waals surface area contributed by atoms with Crippen molar-refractivity contribution in [3.05, 3.63) is 34.1 Å². The first kappa shape index (κ1) is 11.3. The molecule has 0 spiro atoms. The van der Waals surface area contributed by atoms with Gasteiger partial charge in [0.25, 0.3) is 0 Å². The number of nitrogens with zero attached hydrogens (tertiary/aromatic N) is 2. The van der Waals surface area contributed by atoms with E-state index in [9.17, 15) is 0 Å². The Hall–Kier alpha value is -1.20. The molecule has 0 saturated heterocycles. The van der Waals surface area contributed by atoms with Crippen molar-refractivity contribution in [1.82, 2.24) is 15.5 Å². The number of aromatic nitrogens is 2. The highest BCUT2D eigenvalue weighted by Crippen LogP contribution is 2.15. The third kappa shape index (κ3) is 2.68. The lowest BCUT2D eigenvalue weighted by Gasteiger charge is -2.04. The average molecular weight is 237 g/mol. The zero-order chi connectivity index (χ0) is 11.4. The van der Waals surface area contributed by atoms with E-state index < -0.39 is 0 Å². The molecule has 16 heavy (non-hydrogen) atoms. The monoisotopic (exact) mass is 237 g/mol. The van der Waals surface area contributed by atoms with Crippen LogP contribution in [0.4, 0.5) is 0 Å². The Balaban J connectivity index is 2.02. The zero-order valence-corrected chi connectivity index (χ0v) is 10.3. The molecule has 0 fully saturated rings. The SMILES string of the molecule is CCNC(C)c1nc(Cc2cccs2)no1. The highest BCUT2D eigenvalue weighted by molar-refractivity contribution is 7.09. The summed E-state index contributed by atoms with van der Waals surface area (Å²) in [5, 5.41) is 9.27. The normalized spacial score (nSPS) is 12.9. The van der Waals surface area contributed by atoms with Crippen LogP contribution in [0.1, 0.15) is 36.5 Å². The molecule has 0 radical (unpaired) electrons. The summed E-state index contributed by atoms with van der Waals surface area (Å²) in [7, 11) is 0. The first-order valence-corrected chi connectivity index (χ1v) is 6.25. The molecule has 5 heteroatoms. The van der Waals surface area contributed by atoms with Crippen LogP contribution in [0.2, 0.25) is 0 Å². The van der Waals surface area contributed by atoms with E-state index in [4.69, 9.17) is 4.52 Å². The second-order valence-electron chi connectivity index (χ2n) is 3.58. The molecule has 0 bridgehead atoms. The number of hydrogen-bond donors (Lipinski definition) is 1. The van der Waals surface area contributed by atoms with Gasteiger partial charge in [-0.1, -0.05) is 18.1 Å². The fourth-order valence-electron chi connectivity index (χ4n) is 1.48. The van der Waals surface area contributed by atoms with E-state index in [2.05, 4.69) is 33.8 Å². The largest absolute Gasteiger partial charge is 0.338 e.